The normalized spacial score (nSPS) is 19.7. The first kappa shape index (κ1) is 23.3. The molecule has 6 heteroatoms. The maximum absolute atomic E-state index is 12.9. The zero-order valence-corrected chi connectivity index (χ0v) is 18.6. The van der Waals surface area contributed by atoms with E-state index < -0.39 is 11.7 Å². The molecule has 0 N–H and O–H groups in total. The highest BCUT2D eigenvalue weighted by atomic mass is 19.4. The lowest BCUT2D eigenvalue weighted by molar-refractivity contribution is -0.137. The van der Waals surface area contributed by atoms with Crippen molar-refractivity contribution in [3.63, 3.8) is 0 Å². The molecule has 1 fully saturated rings. The van der Waals surface area contributed by atoms with Gasteiger partial charge in [0.2, 0.25) is 5.91 Å². The second kappa shape index (κ2) is 9.43. The van der Waals surface area contributed by atoms with Gasteiger partial charge in [-0.1, -0.05) is 36.4 Å². The first-order chi connectivity index (χ1) is 14.6. The summed E-state index contributed by atoms with van der Waals surface area (Å²) in [6, 6.07) is 13.9. The number of likely N-dealkylation sites (tertiary alicyclic amines) is 1. The molecule has 0 saturated carbocycles. The number of alkyl halides is 3. The van der Waals surface area contributed by atoms with Crippen LogP contribution in [0.1, 0.15) is 48.9 Å². The van der Waals surface area contributed by atoms with E-state index in [2.05, 4.69) is 24.0 Å². The summed E-state index contributed by atoms with van der Waals surface area (Å²) < 4.78 is 38.6. The molecule has 1 heterocycles. The minimum Gasteiger partial charge on any atom is -0.340 e. The van der Waals surface area contributed by atoms with E-state index >= 15 is 0 Å². The van der Waals surface area contributed by atoms with Crippen molar-refractivity contribution in [3.05, 3.63) is 70.8 Å². The number of amides is 1. The van der Waals surface area contributed by atoms with E-state index in [-0.39, 0.29) is 23.8 Å². The van der Waals surface area contributed by atoms with Crippen LogP contribution in [0.5, 0.6) is 0 Å². The van der Waals surface area contributed by atoms with Crippen molar-refractivity contribution in [2.24, 2.45) is 5.92 Å². The van der Waals surface area contributed by atoms with Crippen LogP contribution in [0.3, 0.4) is 0 Å². The average Bonchev–Trinajstić information content (AvgIpc) is 3.07. The lowest BCUT2D eigenvalue weighted by Crippen LogP contribution is -2.40. The summed E-state index contributed by atoms with van der Waals surface area (Å²) >= 11 is 0. The first-order valence-electron chi connectivity index (χ1n) is 10.8. The van der Waals surface area contributed by atoms with E-state index in [1.165, 1.54) is 11.1 Å². The Balaban J connectivity index is 1.80. The van der Waals surface area contributed by atoms with Crippen LogP contribution < -0.4 is 0 Å². The Kier molecular flexibility index (Phi) is 7.10. The highest BCUT2D eigenvalue weighted by Crippen LogP contribution is 2.36. The van der Waals surface area contributed by atoms with Crippen molar-refractivity contribution in [1.82, 2.24) is 9.80 Å². The van der Waals surface area contributed by atoms with Gasteiger partial charge in [-0.15, -0.1) is 0 Å². The first-order valence-corrected chi connectivity index (χ1v) is 10.8. The quantitative estimate of drug-likeness (QED) is 0.603. The van der Waals surface area contributed by atoms with E-state index in [4.69, 9.17) is 0 Å². The van der Waals surface area contributed by atoms with E-state index in [1.807, 2.05) is 30.9 Å². The Morgan fingerprint density at radius 3 is 2.29 bits per heavy atom. The van der Waals surface area contributed by atoms with Gasteiger partial charge in [0, 0.05) is 45.1 Å². The molecule has 1 aliphatic rings. The molecule has 2 atom stereocenters. The van der Waals surface area contributed by atoms with Crippen LogP contribution in [0.4, 0.5) is 13.2 Å². The Hall–Kier alpha value is -2.34. The van der Waals surface area contributed by atoms with Crippen molar-refractivity contribution in [3.8, 4) is 0 Å². The van der Waals surface area contributed by atoms with Gasteiger partial charge < -0.3 is 4.90 Å². The maximum atomic E-state index is 12.9. The second-order valence-electron chi connectivity index (χ2n) is 8.88. The fraction of sp³-hybridized carbons (Fsp3) is 0.480. The molecule has 168 valence electrons. The summed E-state index contributed by atoms with van der Waals surface area (Å²) in [5.41, 5.74) is 2.76. The average molecular weight is 433 g/mol. The van der Waals surface area contributed by atoms with E-state index in [9.17, 15) is 18.0 Å². The van der Waals surface area contributed by atoms with Crippen LogP contribution in [0, 0.1) is 12.8 Å². The molecule has 0 aromatic heterocycles. The molecule has 0 spiro atoms. The summed E-state index contributed by atoms with van der Waals surface area (Å²) in [7, 11) is 0. The largest absolute Gasteiger partial charge is 0.416 e. The summed E-state index contributed by atoms with van der Waals surface area (Å²) in [5, 5.41) is 0. The summed E-state index contributed by atoms with van der Waals surface area (Å²) in [6.07, 6.45) is -4.32. The van der Waals surface area contributed by atoms with Gasteiger partial charge in [-0.05, 0) is 55.5 Å². The second-order valence-corrected chi connectivity index (χ2v) is 8.88. The molecule has 2 aromatic carbocycles. The Morgan fingerprint density at radius 2 is 1.74 bits per heavy atom. The minimum absolute atomic E-state index is 0.0692. The number of benzene rings is 2. The van der Waals surface area contributed by atoms with Gasteiger partial charge >= 0.3 is 6.18 Å². The summed E-state index contributed by atoms with van der Waals surface area (Å²) in [4.78, 5) is 16.4. The van der Waals surface area contributed by atoms with Crippen LogP contribution >= 0.6 is 0 Å². The molecule has 1 saturated heterocycles. The molecule has 0 bridgehead atoms. The molecular weight excluding hydrogens is 401 g/mol. The molecule has 0 radical (unpaired) electrons. The maximum Gasteiger partial charge on any atom is 0.416 e. The zero-order chi connectivity index (χ0) is 22.8. The van der Waals surface area contributed by atoms with Crippen molar-refractivity contribution >= 4 is 5.91 Å². The third-order valence-electron chi connectivity index (χ3n) is 6.25. The third kappa shape index (κ3) is 5.67. The number of rotatable bonds is 6. The van der Waals surface area contributed by atoms with Crippen LogP contribution in [0.25, 0.3) is 0 Å². The fourth-order valence-electron chi connectivity index (χ4n) is 4.64. The van der Waals surface area contributed by atoms with Crippen molar-refractivity contribution < 1.29 is 18.0 Å². The molecule has 31 heavy (non-hydrogen) atoms. The van der Waals surface area contributed by atoms with Crippen molar-refractivity contribution in [2.45, 2.75) is 52.4 Å². The van der Waals surface area contributed by atoms with E-state index in [0.717, 1.165) is 30.8 Å². The lowest BCUT2D eigenvalue weighted by Gasteiger charge is -2.31. The SMILES string of the molecule is CC(=O)N(CC1CN(Cc2ccc(C(F)(F)F)cc2)CC1c1ccccc1C)C(C)C. The van der Waals surface area contributed by atoms with Gasteiger partial charge in [-0.2, -0.15) is 13.2 Å². The Labute approximate surface area is 182 Å². The van der Waals surface area contributed by atoms with Gasteiger partial charge in [-0.3, -0.25) is 9.69 Å². The van der Waals surface area contributed by atoms with Gasteiger partial charge in [0.25, 0.3) is 0 Å². The monoisotopic (exact) mass is 432 g/mol. The Morgan fingerprint density at radius 1 is 1.10 bits per heavy atom. The van der Waals surface area contributed by atoms with Gasteiger partial charge in [0.05, 0.1) is 5.56 Å². The Bertz CT molecular complexity index is 892. The summed E-state index contributed by atoms with van der Waals surface area (Å²) in [6.45, 7) is 10.7. The van der Waals surface area contributed by atoms with Crippen LogP contribution in [0.2, 0.25) is 0 Å². The van der Waals surface area contributed by atoms with Crippen LogP contribution in [-0.2, 0) is 17.5 Å². The molecule has 2 unspecified atom stereocenters. The van der Waals surface area contributed by atoms with E-state index in [0.29, 0.717) is 13.1 Å². The predicted octanol–water partition coefficient (Wildman–Crippen LogP) is 5.49. The van der Waals surface area contributed by atoms with Gasteiger partial charge in [-0.25, -0.2) is 0 Å². The molecule has 2 aromatic rings. The highest BCUT2D eigenvalue weighted by molar-refractivity contribution is 5.73. The van der Waals surface area contributed by atoms with Gasteiger partial charge in [0.1, 0.15) is 0 Å². The molecule has 0 aliphatic carbocycles. The number of aryl methyl sites for hydroxylation is 1. The molecule has 3 nitrogen and oxygen atoms in total. The number of hydrogen-bond donors (Lipinski definition) is 0. The van der Waals surface area contributed by atoms with Crippen molar-refractivity contribution in [2.75, 3.05) is 19.6 Å². The van der Waals surface area contributed by atoms with Gasteiger partial charge in [0.15, 0.2) is 0 Å². The topological polar surface area (TPSA) is 23.6 Å². The predicted molar refractivity (Wildman–Crippen MR) is 117 cm³/mol. The van der Waals surface area contributed by atoms with Crippen molar-refractivity contribution in [1.29, 1.82) is 0 Å². The summed E-state index contributed by atoms with van der Waals surface area (Å²) in [5.74, 6) is 0.609. The molecule has 3 rings (SSSR count). The number of nitrogens with zero attached hydrogens (tertiary/aromatic N) is 2. The molecule has 1 amide bonds. The highest BCUT2D eigenvalue weighted by Gasteiger charge is 2.36. The molecule has 1 aliphatic heterocycles. The minimum atomic E-state index is -4.32. The van der Waals surface area contributed by atoms with E-state index in [1.54, 1.807) is 19.1 Å². The zero-order valence-electron chi connectivity index (χ0n) is 18.6. The van der Waals surface area contributed by atoms with Crippen LogP contribution in [0.15, 0.2) is 48.5 Å². The number of carbonyl (C=O) groups excluding carboxylic acids is 1. The molecular formula is C25H31F3N2O. The number of carbonyl (C=O) groups is 1. The standard InChI is InChI=1S/C25H31F3N2O/c1-17(2)30(19(4)31)15-21-14-29(16-24(21)23-8-6-5-7-18(23)3)13-20-9-11-22(12-10-20)25(26,27)28/h5-12,17,21,24H,13-16H2,1-4H3. The number of hydrogen-bond acceptors (Lipinski definition) is 2. The third-order valence-corrected chi connectivity index (χ3v) is 6.25. The van der Waals surface area contributed by atoms with Crippen LogP contribution in [-0.4, -0.2) is 41.4 Å². The lowest BCUT2D eigenvalue weighted by atomic mass is 9.86. The fourth-order valence-corrected chi connectivity index (χ4v) is 4.64. The smallest absolute Gasteiger partial charge is 0.340 e. The number of halogens is 3.